The number of ether oxygens (including phenoxy) is 1. The molecule has 0 N–H and O–H groups in total. The Morgan fingerprint density at radius 1 is 1.12 bits per heavy atom. The Balaban J connectivity index is 2.20. The van der Waals surface area contributed by atoms with Gasteiger partial charge in [-0.3, -0.25) is 0 Å². The van der Waals surface area contributed by atoms with Gasteiger partial charge in [-0.2, -0.15) is 13.2 Å². The van der Waals surface area contributed by atoms with Crippen LogP contribution in [0.5, 0.6) is 0 Å². The molecule has 24 heavy (non-hydrogen) atoms. The summed E-state index contributed by atoms with van der Waals surface area (Å²) >= 11 is 3.24. The Hall–Kier alpha value is -1.24. The van der Waals surface area contributed by atoms with Crippen LogP contribution in [0.2, 0.25) is 0 Å². The molecule has 0 bridgehead atoms. The van der Waals surface area contributed by atoms with Gasteiger partial charge in [0.05, 0.1) is 5.41 Å². The van der Waals surface area contributed by atoms with E-state index in [4.69, 9.17) is 4.74 Å². The van der Waals surface area contributed by atoms with Crippen LogP contribution in [0.4, 0.5) is 18.0 Å². The Morgan fingerprint density at radius 2 is 1.62 bits per heavy atom. The summed E-state index contributed by atoms with van der Waals surface area (Å²) in [4.78, 5) is 13.4. The van der Waals surface area contributed by atoms with Crippen LogP contribution in [0.3, 0.4) is 0 Å². The molecule has 134 valence electrons. The fourth-order valence-corrected chi connectivity index (χ4v) is 3.17. The highest BCUT2D eigenvalue weighted by Gasteiger charge is 2.57. The van der Waals surface area contributed by atoms with Gasteiger partial charge in [0.1, 0.15) is 5.60 Å². The summed E-state index contributed by atoms with van der Waals surface area (Å²) in [7, 11) is 0. The third kappa shape index (κ3) is 4.05. The first-order valence-electron chi connectivity index (χ1n) is 7.75. The van der Waals surface area contributed by atoms with E-state index in [1.807, 2.05) is 0 Å². The summed E-state index contributed by atoms with van der Waals surface area (Å²) in [6.45, 7) is 5.24. The van der Waals surface area contributed by atoms with Crippen molar-refractivity contribution in [1.82, 2.24) is 4.90 Å². The van der Waals surface area contributed by atoms with E-state index in [9.17, 15) is 18.0 Å². The molecular formula is C17H21BrF3NO2. The summed E-state index contributed by atoms with van der Waals surface area (Å²) in [6, 6.07) is 6.23. The first-order valence-corrected chi connectivity index (χ1v) is 8.55. The predicted octanol–water partition coefficient (Wildman–Crippen LogP) is 5.28. The van der Waals surface area contributed by atoms with E-state index in [1.165, 1.54) is 17.0 Å². The molecular weight excluding hydrogens is 387 g/mol. The van der Waals surface area contributed by atoms with Crippen LogP contribution in [0.1, 0.15) is 39.2 Å². The molecule has 1 aliphatic rings. The van der Waals surface area contributed by atoms with Crippen molar-refractivity contribution in [1.29, 1.82) is 0 Å². The average molecular weight is 408 g/mol. The van der Waals surface area contributed by atoms with E-state index in [0.29, 0.717) is 0 Å². The van der Waals surface area contributed by atoms with Crippen molar-refractivity contribution in [3.05, 3.63) is 34.3 Å². The van der Waals surface area contributed by atoms with Crippen molar-refractivity contribution >= 4 is 22.0 Å². The molecule has 0 unspecified atom stereocenters. The fraction of sp³-hybridized carbons (Fsp3) is 0.588. The van der Waals surface area contributed by atoms with Gasteiger partial charge in [-0.05, 0) is 51.3 Å². The third-order valence-corrected chi connectivity index (χ3v) is 4.74. The number of likely N-dealkylation sites (tertiary alicyclic amines) is 1. The predicted molar refractivity (Wildman–Crippen MR) is 88.9 cm³/mol. The monoisotopic (exact) mass is 407 g/mol. The molecule has 1 fully saturated rings. The maximum Gasteiger partial charge on any atom is 0.410 e. The second-order valence-corrected chi connectivity index (χ2v) is 7.97. The summed E-state index contributed by atoms with van der Waals surface area (Å²) in [6.07, 6.45) is -5.27. The van der Waals surface area contributed by atoms with Gasteiger partial charge < -0.3 is 9.64 Å². The van der Waals surface area contributed by atoms with Gasteiger partial charge in [-0.25, -0.2) is 4.79 Å². The number of carbonyl (C=O) groups is 1. The minimum absolute atomic E-state index is 0.0183. The van der Waals surface area contributed by atoms with Crippen LogP contribution < -0.4 is 0 Å². The molecule has 0 aromatic heterocycles. The quantitative estimate of drug-likeness (QED) is 0.633. The lowest BCUT2D eigenvalue weighted by atomic mass is 9.72. The van der Waals surface area contributed by atoms with Crippen molar-refractivity contribution in [2.45, 2.75) is 50.8 Å². The van der Waals surface area contributed by atoms with Gasteiger partial charge in [0.15, 0.2) is 0 Å². The van der Waals surface area contributed by atoms with Gasteiger partial charge in [-0.1, -0.05) is 28.1 Å². The number of carbonyl (C=O) groups excluding carboxylic acids is 1. The van der Waals surface area contributed by atoms with Crippen molar-refractivity contribution in [2.24, 2.45) is 0 Å². The highest BCUT2D eigenvalue weighted by molar-refractivity contribution is 9.10. The Labute approximate surface area is 148 Å². The van der Waals surface area contributed by atoms with Gasteiger partial charge in [0.25, 0.3) is 0 Å². The standard InChI is InChI=1S/C17H21BrF3NO2/c1-15(2,3)24-14(23)22-10-8-16(9-11-22,17(19,20)21)12-4-6-13(18)7-5-12/h4-7H,8-11H2,1-3H3. The Morgan fingerprint density at radius 3 is 2.04 bits per heavy atom. The zero-order valence-electron chi connectivity index (χ0n) is 13.9. The minimum atomic E-state index is -4.37. The number of halogens is 4. The SMILES string of the molecule is CC(C)(C)OC(=O)N1CCC(c2ccc(Br)cc2)(C(F)(F)F)CC1. The highest BCUT2D eigenvalue weighted by Crippen LogP contribution is 2.48. The summed E-state index contributed by atoms with van der Waals surface area (Å²) in [5.74, 6) is 0. The molecule has 1 amide bonds. The first kappa shape index (κ1) is 19.1. The van der Waals surface area contributed by atoms with Crippen LogP contribution in [0.15, 0.2) is 28.7 Å². The smallest absolute Gasteiger partial charge is 0.410 e. The molecule has 0 aliphatic carbocycles. The van der Waals surface area contributed by atoms with E-state index in [1.54, 1.807) is 32.9 Å². The fourth-order valence-electron chi connectivity index (χ4n) is 2.90. The van der Waals surface area contributed by atoms with Crippen LogP contribution in [0.25, 0.3) is 0 Å². The first-order chi connectivity index (χ1) is 10.9. The maximum atomic E-state index is 13.8. The topological polar surface area (TPSA) is 29.5 Å². The number of hydrogen-bond donors (Lipinski definition) is 0. The lowest BCUT2D eigenvalue weighted by Gasteiger charge is -2.43. The molecule has 1 heterocycles. The lowest BCUT2D eigenvalue weighted by Crippen LogP contribution is -2.53. The third-order valence-electron chi connectivity index (χ3n) is 4.21. The number of piperidine rings is 1. The number of amides is 1. The van der Waals surface area contributed by atoms with E-state index in [-0.39, 0.29) is 31.5 Å². The van der Waals surface area contributed by atoms with Crippen molar-refractivity contribution in [2.75, 3.05) is 13.1 Å². The van der Waals surface area contributed by atoms with Crippen molar-refractivity contribution < 1.29 is 22.7 Å². The van der Waals surface area contributed by atoms with E-state index < -0.39 is 23.3 Å². The summed E-state index contributed by atoms with van der Waals surface area (Å²) in [5.41, 5.74) is -2.35. The molecule has 1 aromatic carbocycles. The van der Waals surface area contributed by atoms with Gasteiger partial charge in [0.2, 0.25) is 0 Å². The number of rotatable bonds is 1. The van der Waals surface area contributed by atoms with Crippen molar-refractivity contribution in [3.63, 3.8) is 0 Å². The molecule has 1 aliphatic heterocycles. The lowest BCUT2D eigenvalue weighted by molar-refractivity contribution is -0.202. The molecule has 1 aromatic rings. The van der Waals surface area contributed by atoms with E-state index in [0.717, 1.165) is 4.47 Å². The van der Waals surface area contributed by atoms with Crippen LogP contribution in [-0.2, 0) is 10.2 Å². The molecule has 0 spiro atoms. The zero-order chi connectivity index (χ0) is 18.2. The second-order valence-electron chi connectivity index (χ2n) is 7.05. The molecule has 0 radical (unpaired) electrons. The van der Waals surface area contributed by atoms with E-state index >= 15 is 0 Å². The van der Waals surface area contributed by atoms with Crippen LogP contribution >= 0.6 is 15.9 Å². The van der Waals surface area contributed by atoms with Crippen LogP contribution in [0, 0.1) is 0 Å². The maximum absolute atomic E-state index is 13.8. The highest BCUT2D eigenvalue weighted by atomic mass is 79.9. The van der Waals surface area contributed by atoms with Crippen LogP contribution in [-0.4, -0.2) is 35.9 Å². The second kappa shape index (κ2) is 6.58. The summed E-state index contributed by atoms with van der Waals surface area (Å²) < 4.78 is 47.5. The van der Waals surface area contributed by atoms with Gasteiger partial charge >= 0.3 is 12.3 Å². The molecule has 2 rings (SSSR count). The molecule has 0 atom stereocenters. The van der Waals surface area contributed by atoms with Gasteiger partial charge in [-0.15, -0.1) is 0 Å². The number of alkyl halides is 3. The Kier molecular flexibility index (Phi) is 5.23. The molecule has 7 heteroatoms. The average Bonchev–Trinajstić information content (AvgIpc) is 2.45. The summed E-state index contributed by atoms with van der Waals surface area (Å²) in [5, 5.41) is 0. The molecule has 1 saturated heterocycles. The zero-order valence-corrected chi connectivity index (χ0v) is 15.5. The minimum Gasteiger partial charge on any atom is -0.444 e. The normalized spacial score (nSPS) is 18.4. The van der Waals surface area contributed by atoms with Gasteiger partial charge in [0, 0.05) is 17.6 Å². The molecule has 3 nitrogen and oxygen atoms in total. The van der Waals surface area contributed by atoms with E-state index in [2.05, 4.69) is 15.9 Å². The molecule has 0 saturated carbocycles. The number of benzene rings is 1. The number of hydrogen-bond acceptors (Lipinski definition) is 2. The van der Waals surface area contributed by atoms with Crippen molar-refractivity contribution in [3.8, 4) is 0 Å². The number of nitrogens with zero attached hydrogens (tertiary/aromatic N) is 1. The largest absolute Gasteiger partial charge is 0.444 e. The Bertz CT molecular complexity index is 585.